The van der Waals surface area contributed by atoms with Crippen LogP contribution in [0.25, 0.3) is 0 Å². The van der Waals surface area contributed by atoms with Gasteiger partial charge in [-0.05, 0) is 56.7 Å². The lowest BCUT2D eigenvalue weighted by molar-refractivity contribution is 0.0640. The summed E-state index contributed by atoms with van der Waals surface area (Å²) in [6.07, 6.45) is 1.49. The molecular weight excluding hydrogens is 356 g/mol. The normalized spacial score (nSPS) is 14.1. The molecule has 1 fully saturated rings. The lowest BCUT2D eigenvalue weighted by Crippen LogP contribution is -2.51. The number of hydrogen-bond donors (Lipinski definition) is 1. The van der Waals surface area contributed by atoms with Crippen molar-refractivity contribution >= 4 is 23.3 Å². The Balaban J connectivity index is 1.56. The number of carbonyl (C=O) groups is 2. The molecular formula is C21H28N4O3. The second-order valence-corrected chi connectivity index (χ2v) is 6.86. The van der Waals surface area contributed by atoms with Gasteiger partial charge in [0.25, 0.3) is 5.91 Å². The minimum Gasteiger partial charge on any atom is -0.459 e. The highest BCUT2D eigenvalue weighted by Crippen LogP contribution is 2.23. The number of urea groups is 1. The van der Waals surface area contributed by atoms with Gasteiger partial charge in [-0.3, -0.25) is 4.79 Å². The summed E-state index contributed by atoms with van der Waals surface area (Å²) in [6, 6.07) is 9.32. The lowest BCUT2D eigenvalue weighted by atomic mass is 10.1. The molecule has 0 spiro atoms. The number of amides is 3. The molecule has 1 saturated heterocycles. The van der Waals surface area contributed by atoms with Crippen LogP contribution >= 0.6 is 0 Å². The van der Waals surface area contributed by atoms with Crippen LogP contribution in [0, 0.1) is 6.92 Å². The Morgan fingerprint density at radius 2 is 1.75 bits per heavy atom. The topological polar surface area (TPSA) is 69.0 Å². The molecule has 0 radical (unpaired) electrons. The van der Waals surface area contributed by atoms with E-state index in [4.69, 9.17) is 4.42 Å². The van der Waals surface area contributed by atoms with Gasteiger partial charge in [0.2, 0.25) is 0 Å². The molecule has 3 amide bonds. The van der Waals surface area contributed by atoms with E-state index in [2.05, 4.69) is 30.1 Å². The Morgan fingerprint density at radius 1 is 1.07 bits per heavy atom. The first kappa shape index (κ1) is 19.8. The summed E-state index contributed by atoms with van der Waals surface area (Å²) >= 11 is 0. The average Bonchev–Trinajstić information content (AvgIpc) is 3.25. The summed E-state index contributed by atoms with van der Waals surface area (Å²) < 4.78 is 5.17. The molecule has 1 N–H and O–H groups in total. The minimum atomic E-state index is -0.135. The predicted molar refractivity (Wildman–Crippen MR) is 110 cm³/mol. The summed E-state index contributed by atoms with van der Waals surface area (Å²) in [4.78, 5) is 30.7. The van der Waals surface area contributed by atoms with E-state index < -0.39 is 0 Å². The van der Waals surface area contributed by atoms with Gasteiger partial charge in [-0.15, -0.1) is 0 Å². The summed E-state index contributed by atoms with van der Waals surface area (Å²) in [6.45, 7) is 10.1. The zero-order chi connectivity index (χ0) is 20.1. The Kier molecular flexibility index (Phi) is 6.23. The predicted octanol–water partition coefficient (Wildman–Crippen LogP) is 3.42. The molecule has 2 aromatic rings. The van der Waals surface area contributed by atoms with Crippen molar-refractivity contribution in [3.05, 3.63) is 47.9 Å². The maximum Gasteiger partial charge on any atom is 0.321 e. The van der Waals surface area contributed by atoms with Gasteiger partial charge in [0.05, 0.1) is 6.26 Å². The minimum absolute atomic E-state index is 0.132. The fraction of sp³-hybridized carbons (Fsp3) is 0.429. The van der Waals surface area contributed by atoms with Crippen molar-refractivity contribution in [3.63, 3.8) is 0 Å². The average molecular weight is 384 g/mol. The van der Waals surface area contributed by atoms with Crippen LogP contribution in [0.1, 0.15) is 30.0 Å². The fourth-order valence-electron chi connectivity index (χ4n) is 3.44. The molecule has 7 heteroatoms. The molecule has 3 rings (SSSR count). The molecule has 0 aliphatic carbocycles. The molecule has 0 unspecified atom stereocenters. The Hall–Kier alpha value is -2.96. The van der Waals surface area contributed by atoms with Gasteiger partial charge in [0, 0.05) is 50.6 Å². The standard InChI is InChI=1S/C21H28N4O3/c1-4-23(5-2)17-8-9-18(16(3)15-17)22-21(27)25-12-10-24(11-13-25)20(26)19-7-6-14-28-19/h6-9,14-15H,4-5,10-13H2,1-3H3,(H,22,27). The number of hydrogen-bond acceptors (Lipinski definition) is 4. The van der Waals surface area contributed by atoms with Crippen LogP contribution in [0.4, 0.5) is 16.2 Å². The molecule has 1 aromatic heterocycles. The van der Waals surface area contributed by atoms with Crippen molar-refractivity contribution in [1.29, 1.82) is 0 Å². The van der Waals surface area contributed by atoms with Gasteiger partial charge >= 0.3 is 6.03 Å². The van der Waals surface area contributed by atoms with Gasteiger partial charge in [-0.2, -0.15) is 0 Å². The fourth-order valence-corrected chi connectivity index (χ4v) is 3.44. The van der Waals surface area contributed by atoms with Crippen LogP contribution < -0.4 is 10.2 Å². The number of nitrogens with zero attached hydrogens (tertiary/aromatic N) is 3. The molecule has 1 aliphatic rings. The highest BCUT2D eigenvalue weighted by atomic mass is 16.3. The van der Waals surface area contributed by atoms with Crippen LogP contribution in [-0.4, -0.2) is 61.0 Å². The Bertz CT molecular complexity index is 807. The quantitative estimate of drug-likeness (QED) is 0.858. The summed E-state index contributed by atoms with van der Waals surface area (Å²) in [5.41, 5.74) is 3.00. The largest absolute Gasteiger partial charge is 0.459 e. The van der Waals surface area contributed by atoms with Crippen molar-refractivity contribution in [2.24, 2.45) is 0 Å². The van der Waals surface area contributed by atoms with Crippen molar-refractivity contribution in [1.82, 2.24) is 9.80 Å². The molecule has 1 aliphatic heterocycles. The van der Waals surface area contributed by atoms with Crippen LogP contribution in [0.2, 0.25) is 0 Å². The van der Waals surface area contributed by atoms with Crippen molar-refractivity contribution < 1.29 is 14.0 Å². The van der Waals surface area contributed by atoms with Crippen molar-refractivity contribution in [2.45, 2.75) is 20.8 Å². The number of rotatable bonds is 5. The SMILES string of the molecule is CCN(CC)c1ccc(NC(=O)N2CCN(C(=O)c3ccco3)CC2)c(C)c1. The number of aryl methyl sites for hydroxylation is 1. The van der Waals surface area contributed by atoms with Gasteiger partial charge in [0.15, 0.2) is 5.76 Å². The number of anilines is 2. The van der Waals surface area contributed by atoms with E-state index in [-0.39, 0.29) is 11.9 Å². The van der Waals surface area contributed by atoms with Crippen LogP contribution in [0.15, 0.2) is 41.0 Å². The number of nitrogens with one attached hydrogen (secondary N) is 1. The molecule has 7 nitrogen and oxygen atoms in total. The van der Waals surface area contributed by atoms with Gasteiger partial charge < -0.3 is 24.4 Å². The second-order valence-electron chi connectivity index (χ2n) is 6.86. The third-order valence-electron chi connectivity index (χ3n) is 5.17. The Morgan fingerprint density at radius 3 is 2.32 bits per heavy atom. The van der Waals surface area contributed by atoms with E-state index in [9.17, 15) is 9.59 Å². The third-order valence-corrected chi connectivity index (χ3v) is 5.17. The zero-order valence-corrected chi connectivity index (χ0v) is 16.8. The summed E-state index contributed by atoms with van der Waals surface area (Å²) in [7, 11) is 0. The van der Waals surface area contributed by atoms with Crippen LogP contribution in [-0.2, 0) is 0 Å². The second kappa shape index (κ2) is 8.82. The molecule has 28 heavy (non-hydrogen) atoms. The molecule has 0 bridgehead atoms. The van der Waals surface area contributed by atoms with Crippen molar-refractivity contribution in [3.8, 4) is 0 Å². The molecule has 0 atom stereocenters. The van der Waals surface area contributed by atoms with E-state index in [1.807, 2.05) is 19.1 Å². The zero-order valence-electron chi connectivity index (χ0n) is 16.8. The first-order valence-corrected chi connectivity index (χ1v) is 9.77. The van der Waals surface area contributed by atoms with E-state index >= 15 is 0 Å². The van der Waals surface area contributed by atoms with E-state index in [0.29, 0.717) is 31.9 Å². The highest BCUT2D eigenvalue weighted by Gasteiger charge is 2.26. The summed E-state index contributed by atoms with van der Waals surface area (Å²) in [5.74, 6) is 0.203. The highest BCUT2D eigenvalue weighted by molar-refractivity contribution is 5.92. The van der Waals surface area contributed by atoms with E-state index in [1.54, 1.807) is 21.9 Å². The third kappa shape index (κ3) is 4.30. The van der Waals surface area contributed by atoms with Crippen molar-refractivity contribution in [2.75, 3.05) is 49.5 Å². The van der Waals surface area contributed by atoms with Crippen LogP contribution in [0.3, 0.4) is 0 Å². The first-order valence-electron chi connectivity index (χ1n) is 9.77. The number of furan rings is 1. The number of benzene rings is 1. The summed E-state index contributed by atoms with van der Waals surface area (Å²) in [5, 5.41) is 3.00. The first-order chi connectivity index (χ1) is 13.5. The smallest absolute Gasteiger partial charge is 0.321 e. The molecule has 150 valence electrons. The number of piperazine rings is 1. The van der Waals surface area contributed by atoms with E-state index in [0.717, 1.165) is 30.0 Å². The maximum absolute atomic E-state index is 12.6. The maximum atomic E-state index is 12.6. The van der Waals surface area contributed by atoms with Crippen LogP contribution in [0.5, 0.6) is 0 Å². The van der Waals surface area contributed by atoms with Gasteiger partial charge in [-0.1, -0.05) is 0 Å². The molecule has 1 aromatic carbocycles. The lowest BCUT2D eigenvalue weighted by Gasteiger charge is -2.34. The Labute approximate surface area is 165 Å². The monoisotopic (exact) mass is 384 g/mol. The van der Waals surface area contributed by atoms with Gasteiger partial charge in [-0.25, -0.2) is 4.79 Å². The number of carbonyl (C=O) groups excluding carboxylic acids is 2. The molecule has 0 saturated carbocycles. The van der Waals surface area contributed by atoms with Gasteiger partial charge in [0.1, 0.15) is 0 Å². The molecule has 2 heterocycles. The van der Waals surface area contributed by atoms with E-state index in [1.165, 1.54) is 6.26 Å².